The second-order valence-electron chi connectivity index (χ2n) is 3.83. The van der Waals surface area contributed by atoms with Crippen LogP contribution >= 0.6 is 0 Å². The first-order valence-electron chi connectivity index (χ1n) is 5.27. The average molecular weight is 231 g/mol. The fourth-order valence-corrected chi connectivity index (χ4v) is 1.74. The van der Waals surface area contributed by atoms with E-state index in [1.807, 2.05) is 19.9 Å². The number of benzene rings is 1. The van der Waals surface area contributed by atoms with Crippen molar-refractivity contribution in [2.75, 3.05) is 0 Å². The third-order valence-corrected chi connectivity index (χ3v) is 2.53. The Kier molecular flexibility index (Phi) is 2.91. The molecule has 0 radical (unpaired) electrons. The molecule has 0 saturated carbocycles. The van der Waals surface area contributed by atoms with Crippen LogP contribution in [0, 0.1) is 13.8 Å². The van der Waals surface area contributed by atoms with Crippen LogP contribution in [0.3, 0.4) is 0 Å². The molecule has 0 bridgehead atoms. The monoisotopic (exact) mass is 231 g/mol. The van der Waals surface area contributed by atoms with Gasteiger partial charge in [-0.1, -0.05) is 18.2 Å². The molecule has 2 aromatic rings. The molecule has 0 saturated heterocycles. The molecule has 0 aliphatic rings. The first kappa shape index (κ1) is 11.3. The molecule has 88 valence electrons. The van der Waals surface area contributed by atoms with E-state index in [1.165, 1.54) is 0 Å². The summed E-state index contributed by atoms with van der Waals surface area (Å²) in [5.41, 5.74) is 1.04. The van der Waals surface area contributed by atoms with Crippen molar-refractivity contribution in [3.05, 3.63) is 47.0 Å². The SMILES string of the molecule is Cc1nc(C)n(Cc2ccccc2C(=O)O)n1. The van der Waals surface area contributed by atoms with E-state index in [2.05, 4.69) is 10.1 Å². The van der Waals surface area contributed by atoms with Crippen LogP contribution in [0.4, 0.5) is 0 Å². The number of nitrogens with zero attached hydrogens (tertiary/aromatic N) is 3. The highest BCUT2D eigenvalue weighted by molar-refractivity contribution is 5.89. The summed E-state index contributed by atoms with van der Waals surface area (Å²) in [6.45, 7) is 4.09. The minimum atomic E-state index is -0.921. The second kappa shape index (κ2) is 4.37. The Morgan fingerprint density at radius 3 is 2.65 bits per heavy atom. The molecule has 0 atom stereocenters. The maximum absolute atomic E-state index is 11.1. The van der Waals surface area contributed by atoms with Gasteiger partial charge in [-0.05, 0) is 25.5 Å². The van der Waals surface area contributed by atoms with Gasteiger partial charge in [0.05, 0.1) is 12.1 Å². The fraction of sp³-hybridized carbons (Fsp3) is 0.250. The predicted molar refractivity (Wildman–Crippen MR) is 62.0 cm³/mol. The number of hydrogen-bond acceptors (Lipinski definition) is 3. The molecular weight excluding hydrogens is 218 g/mol. The van der Waals surface area contributed by atoms with Gasteiger partial charge in [0.15, 0.2) is 0 Å². The number of carbonyl (C=O) groups is 1. The zero-order valence-corrected chi connectivity index (χ0v) is 9.71. The van der Waals surface area contributed by atoms with Crippen LogP contribution in [-0.2, 0) is 6.54 Å². The highest BCUT2D eigenvalue weighted by Gasteiger charge is 2.11. The van der Waals surface area contributed by atoms with E-state index >= 15 is 0 Å². The minimum absolute atomic E-state index is 0.306. The molecule has 5 nitrogen and oxygen atoms in total. The number of aromatic carboxylic acids is 1. The number of carboxylic acids is 1. The van der Waals surface area contributed by atoms with Crippen molar-refractivity contribution in [3.8, 4) is 0 Å². The summed E-state index contributed by atoms with van der Waals surface area (Å²) in [6, 6.07) is 6.92. The molecule has 0 unspecified atom stereocenters. The van der Waals surface area contributed by atoms with Gasteiger partial charge in [0.2, 0.25) is 0 Å². The first-order valence-corrected chi connectivity index (χ1v) is 5.27. The third kappa shape index (κ3) is 2.33. The molecule has 0 aliphatic heterocycles. The Balaban J connectivity index is 2.36. The first-order chi connectivity index (χ1) is 8.08. The van der Waals surface area contributed by atoms with Crippen molar-refractivity contribution >= 4 is 5.97 Å². The lowest BCUT2D eigenvalue weighted by atomic mass is 10.1. The topological polar surface area (TPSA) is 68.0 Å². The fourth-order valence-electron chi connectivity index (χ4n) is 1.74. The lowest BCUT2D eigenvalue weighted by Gasteiger charge is -2.06. The van der Waals surface area contributed by atoms with Gasteiger partial charge in [0.1, 0.15) is 11.6 Å². The second-order valence-corrected chi connectivity index (χ2v) is 3.83. The molecule has 1 heterocycles. The summed E-state index contributed by atoms with van der Waals surface area (Å²) in [5, 5.41) is 13.3. The van der Waals surface area contributed by atoms with E-state index in [1.54, 1.807) is 22.9 Å². The standard InChI is InChI=1S/C12H13N3O2/c1-8-13-9(2)15(14-8)7-10-5-3-4-6-11(10)12(16)17/h3-6H,7H2,1-2H3,(H,16,17). The minimum Gasteiger partial charge on any atom is -0.478 e. The van der Waals surface area contributed by atoms with E-state index in [9.17, 15) is 4.79 Å². The van der Waals surface area contributed by atoms with E-state index in [0.29, 0.717) is 17.9 Å². The Morgan fingerprint density at radius 1 is 1.35 bits per heavy atom. The molecular formula is C12H13N3O2. The Morgan fingerprint density at radius 2 is 2.06 bits per heavy atom. The highest BCUT2D eigenvalue weighted by Crippen LogP contribution is 2.11. The zero-order chi connectivity index (χ0) is 12.4. The number of carboxylic acid groups (broad SMARTS) is 1. The van der Waals surface area contributed by atoms with Crippen LogP contribution in [0.1, 0.15) is 27.6 Å². The van der Waals surface area contributed by atoms with Gasteiger partial charge in [-0.15, -0.1) is 0 Å². The van der Waals surface area contributed by atoms with Crippen LogP contribution in [0.5, 0.6) is 0 Å². The lowest BCUT2D eigenvalue weighted by Crippen LogP contribution is -2.09. The van der Waals surface area contributed by atoms with E-state index < -0.39 is 5.97 Å². The summed E-state index contributed by atoms with van der Waals surface area (Å²) >= 11 is 0. The van der Waals surface area contributed by atoms with E-state index in [0.717, 1.165) is 11.4 Å². The maximum Gasteiger partial charge on any atom is 0.336 e. The van der Waals surface area contributed by atoms with Crippen LogP contribution in [0.15, 0.2) is 24.3 Å². The molecule has 1 aromatic carbocycles. The van der Waals surface area contributed by atoms with Crippen molar-refractivity contribution < 1.29 is 9.90 Å². The smallest absolute Gasteiger partial charge is 0.336 e. The number of rotatable bonds is 3. The van der Waals surface area contributed by atoms with Gasteiger partial charge in [0.25, 0.3) is 0 Å². The van der Waals surface area contributed by atoms with Crippen molar-refractivity contribution in [3.63, 3.8) is 0 Å². The molecule has 2 rings (SSSR count). The molecule has 0 aliphatic carbocycles. The highest BCUT2D eigenvalue weighted by atomic mass is 16.4. The summed E-state index contributed by atoms with van der Waals surface area (Å²) in [6.07, 6.45) is 0. The van der Waals surface area contributed by atoms with Crippen LogP contribution in [-0.4, -0.2) is 25.8 Å². The van der Waals surface area contributed by atoms with Crippen molar-refractivity contribution in [1.29, 1.82) is 0 Å². The van der Waals surface area contributed by atoms with E-state index in [-0.39, 0.29) is 0 Å². The zero-order valence-electron chi connectivity index (χ0n) is 9.71. The summed E-state index contributed by atoms with van der Waals surface area (Å²) in [4.78, 5) is 15.2. The quantitative estimate of drug-likeness (QED) is 0.871. The summed E-state index contributed by atoms with van der Waals surface area (Å²) in [7, 11) is 0. The predicted octanol–water partition coefficient (Wildman–Crippen LogP) is 1.64. The molecule has 0 fully saturated rings. The van der Waals surface area contributed by atoms with Gasteiger partial charge >= 0.3 is 5.97 Å². The number of aromatic nitrogens is 3. The van der Waals surface area contributed by atoms with Crippen LogP contribution < -0.4 is 0 Å². The molecule has 17 heavy (non-hydrogen) atoms. The van der Waals surface area contributed by atoms with Gasteiger partial charge in [0, 0.05) is 0 Å². The Bertz CT molecular complexity index is 561. The van der Waals surface area contributed by atoms with Gasteiger partial charge in [-0.2, -0.15) is 5.10 Å². The molecule has 5 heteroatoms. The number of aryl methyl sites for hydroxylation is 2. The Hall–Kier alpha value is -2.17. The van der Waals surface area contributed by atoms with Crippen LogP contribution in [0.25, 0.3) is 0 Å². The normalized spacial score (nSPS) is 10.5. The molecule has 1 aromatic heterocycles. The molecule has 0 amide bonds. The largest absolute Gasteiger partial charge is 0.478 e. The molecule has 1 N–H and O–H groups in total. The Labute approximate surface area is 98.7 Å². The van der Waals surface area contributed by atoms with Gasteiger partial charge < -0.3 is 5.11 Å². The average Bonchev–Trinajstić information content (AvgIpc) is 2.58. The third-order valence-electron chi connectivity index (χ3n) is 2.53. The maximum atomic E-state index is 11.1. The molecule has 0 spiro atoms. The van der Waals surface area contributed by atoms with Crippen molar-refractivity contribution in [1.82, 2.24) is 14.8 Å². The number of hydrogen-bond donors (Lipinski definition) is 1. The van der Waals surface area contributed by atoms with Crippen LogP contribution in [0.2, 0.25) is 0 Å². The van der Waals surface area contributed by atoms with Crippen molar-refractivity contribution in [2.24, 2.45) is 0 Å². The lowest BCUT2D eigenvalue weighted by molar-refractivity contribution is 0.0695. The van der Waals surface area contributed by atoms with Crippen molar-refractivity contribution in [2.45, 2.75) is 20.4 Å². The van der Waals surface area contributed by atoms with Gasteiger partial charge in [-0.3, -0.25) is 0 Å². The van der Waals surface area contributed by atoms with Gasteiger partial charge in [-0.25, -0.2) is 14.5 Å². The van der Waals surface area contributed by atoms with E-state index in [4.69, 9.17) is 5.11 Å². The summed E-state index contributed by atoms with van der Waals surface area (Å²) in [5.74, 6) is 0.549. The summed E-state index contributed by atoms with van der Waals surface area (Å²) < 4.78 is 1.71.